The zero-order valence-electron chi connectivity index (χ0n) is 4.26. The number of hydrogen-bond donors (Lipinski definition) is 0. The second-order valence-corrected chi connectivity index (χ2v) is 1.47. The highest BCUT2D eigenvalue weighted by atomic mass is 14.9. The Balaban J connectivity index is 3.02. The molecule has 0 bridgehead atoms. The summed E-state index contributed by atoms with van der Waals surface area (Å²) in [4.78, 5) is 0. The van der Waals surface area contributed by atoms with Crippen molar-refractivity contribution in [3.05, 3.63) is 30.6 Å². The van der Waals surface area contributed by atoms with Crippen molar-refractivity contribution in [1.29, 1.82) is 0 Å². The molecule has 0 fully saturated rings. The molecular weight excluding hydrogens is 86.1 g/mol. The molecule has 0 amide bonds. The van der Waals surface area contributed by atoms with Crippen LogP contribution in [0, 0.1) is 6.07 Å². The van der Waals surface area contributed by atoms with Crippen LogP contribution in [0.3, 0.4) is 0 Å². The van der Waals surface area contributed by atoms with Crippen molar-refractivity contribution in [2.45, 2.75) is 0 Å². The van der Waals surface area contributed by atoms with Crippen LogP contribution in [-0.2, 0) is 7.05 Å². The van der Waals surface area contributed by atoms with Crippen molar-refractivity contribution in [2.75, 3.05) is 0 Å². The van der Waals surface area contributed by atoms with E-state index in [0.29, 0.717) is 0 Å². The summed E-state index contributed by atoms with van der Waals surface area (Å²) in [6.07, 6.45) is 3.84. The van der Waals surface area contributed by atoms with Crippen LogP contribution >= 0.6 is 0 Å². The molecule has 1 heteroatoms. The zero-order valence-corrected chi connectivity index (χ0v) is 4.26. The van der Waals surface area contributed by atoms with Crippen LogP contribution < -0.4 is 4.57 Å². The van der Waals surface area contributed by atoms with Crippen LogP contribution in [0.25, 0.3) is 0 Å². The first kappa shape index (κ1) is 4.31. The van der Waals surface area contributed by atoms with Gasteiger partial charge in [0.2, 0.25) is 0 Å². The lowest BCUT2D eigenvalue weighted by atomic mass is 10.5. The summed E-state index contributed by atoms with van der Waals surface area (Å²) < 4.78 is 1.94. The summed E-state index contributed by atoms with van der Waals surface area (Å²) >= 11 is 0. The van der Waals surface area contributed by atoms with E-state index >= 15 is 0 Å². The number of aryl methyl sites for hydroxylation is 1. The van der Waals surface area contributed by atoms with Gasteiger partial charge in [0.05, 0.1) is 6.07 Å². The Morgan fingerprint density at radius 2 is 2.43 bits per heavy atom. The molecule has 0 saturated heterocycles. The van der Waals surface area contributed by atoms with E-state index in [1.54, 1.807) is 0 Å². The van der Waals surface area contributed by atoms with Crippen molar-refractivity contribution in [3.63, 3.8) is 0 Å². The predicted molar refractivity (Wildman–Crippen MR) is 26.5 cm³/mol. The average Bonchev–Trinajstić information content (AvgIpc) is 1.69. The largest absolute Gasteiger partial charge is 0.207 e. The topological polar surface area (TPSA) is 3.88 Å². The molecule has 0 aliphatic carbocycles. The minimum atomic E-state index is 1.88. The predicted octanol–water partition coefficient (Wildman–Crippen LogP) is 0.311. The summed E-state index contributed by atoms with van der Waals surface area (Å²) in [7, 11) is 1.97. The normalized spacial score (nSPS) is 8.71. The Morgan fingerprint density at radius 3 is 2.71 bits per heavy atom. The van der Waals surface area contributed by atoms with Crippen LogP contribution in [0.1, 0.15) is 0 Å². The van der Waals surface area contributed by atoms with Gasteiger partial charge in [0.1, 0.15) is 7.05 Å². The molecule has 1 aromatic rings. The molecule has 0 aromatic carbocycles. The summed E-state index contributed by atoms with van der Waals surface area (Å²) in [5.74, 6) is 0. The minimum absolute atomic E-state index is 1.88. The molecule has 1 rings (SSSR count). The standard InChI is InChI=1S/C6H7N/c1-7-5-3-2-4-6-7/h2-3,5-6H,1H3/q+1. The molecule has 0 spiro atoms. The number of pyridine rings is 1. The van der Waals surface area contributed by atoms with Crippen molar-refractivity contribution in [3.8, 4) is 0 Å². The van der Waals surface area contributed by atoms with E-state index in [2.05, 4.69) is 6.07 Å². The fraction of sp³-hybridized carbons (Fsp3) is 0.167. The van der Waals surface area contributed by atoms with Crippen LogP contribution in [0.4, 0.5) is 0 Å². The molecule has 0 aliphatic rings. The van der Waals surface area contributed by atoms with Crippen molar-refractivity contribution in [1.82, 2.24) is 0 Å². The Kier molecular flexibility index (Phi) is 1.07. The van der Waals surface area contributed by atoms with E-state index < -0.39 is 0 Å². The van der Waals surface area contributed by atoms with Gasteiger partial charge in [0, 0.05) is 6.07 Å². The van der Waals surface area contributed by atoms with Crippen LogP contribution in [0.15, 0.2) is 24.5 Å². The summed E-state index contributed by atoms with van der Waals surface area (Å²) in [5, 5.41) is 0. The molecule has 35 valence electrons. The molecular formula is C6H7N+. The molecule has 1 aromatic heterocycles. The fourth-order valence-corrected chi connectivity index (χ4v) is 0.438. The maximum atomic E-state index is 2.92. The molecule has 0 saturated carbocycles. The van der Waals surface area contributed by atoms with Gasteiger partial charge in [-0.25, -0.2) is 4.57 Å². The highest BCUT2D eigenvalue weighted by molar-refractivity contribution is 4.80. The second kappa shape index (κ2) is 1.73. The van der Waals surface area contributed by atoms with Crippen LogP contribution in [-0.4, -0.2) is 0 Å². The van der Waals surface area contributed by atoms with Crippen molar-refractivity contribution < 1.29 is 4.57 Å². The summed E-state index contributed by atoms with van der Waals surface area (Å²) in [6.45, 7) is 0. The van der Waals surface area contributed by atoms with Gasteiger partial charge in [0.15, 0.2) is 12.4 Å². The lowest BCUT2D eigenvalue weighted by Gasteiger charge is -1.77. The minimum Gasteiger partial charge on any atom is -0.207 e. The molecule has 1 heterocycles. The van der Waals surface area contributed by atoms with E-state index in [4.69, 9.17) is 0 Å². The summed E-state index contributed by atoms with van der Waals surface area (Å²) in [5.41, 5.74) is 0. The third-order valence-corrected chi connectivity index (χ3v) is 0.792. The number of aromatic nitrogens is 1. The van der Waals surface area contributed by atoms with Gasteiger partial charge >= 0.3 is 0 Å². The molecule has 1 radical (unpaired) electrons. The molecule has 0 unspecified atom stereocenters. The first-order valence-electron chi connectivity index (χ1n) is 2.21. The lowest BCUT2D eigenvalue weighted by molar-refractivity contribution is -0.671. The number of hydrogen-bond acceptors (Lipinski definition) is 0. The van der Waals surface area contributed by atoms with Gasteiger partial charge in [-0.2, -0.15) is 0 Å². The quantitative estimate of drug-likeness (QED) is 0.406. The SMILES string of the molecule is C[n+]1c[c]ccc1. The van der Waals surface area contributed by atoms with Gasteiger partial charge in [-0.05, 0) is 6.07 Å². The van der Waals surface area contributed by atoms with Crippen LogP contribution in [0.2, 0.25) is 0 Å². The highest BCUT2D eigenvalue weighted by Crippen LogP contribution is 1.70. The highest BCUT2D eigenvalue weighted by Gasteiger charge is 1.79. The number of nitrogens with zero attached hydrogens (tertiary/aromatic N) is 1. The van der Waals surface area contributed by atoms with Crippen molar-refractivity contribution in [2.24, 2.45) is 7.05 Å². The smallest absolute Gasteiger partial charge is 0.176 e. The monoisotopic (exact) mass is 93.1 g/mol. The van der Waals surface area contributed by atoms with E-state index in [-0.39, 0.29) is 0 Å². The molecule has 7 heavy (non-hydrogen) atoms. The number of rotatable bonds is 0. The van der Waals surface area contributed by atoms with Gasteiger partial charge in [-0.15, -0.1) is 0 Å². The summed E-state index contributed by atoms with van der Waals surface area (Å²) in [6, 6.07) is 6.74. The Morgan fingerprint density at radius 1 is 1.57 bits per heavy atom. The lowest BCUT2D eigenvalue weighted by Crippen LogP contribution is -2.25. The molecule has 1 nitrogen and oxygen atoms in total. The third kappa shape index (κ3) is 1.000. The molecule has 0 N–H and O–H groups in total. The fourth-order valence-electron chi connectivity index (χ4n) is 0.438. The first-order valence-corrected chi connectivity index (χ1v) is 2.21. The average molecular weight is 93.1 g/mol. The van der Waals surface area contributed by atoms with E-state index in [9.17, 15) is 0 Å². The van der Waals surface area contributed by atoms with Crippen LogP contribution in [0.5, 0.6) is 0 Å². The Hall–Kier alpha value is -0.850. The molecule has 0 aliphatic heterocycles. The van der Waals surface area contributed by atoms with Gasteiger partial charge in [0.25, 0.3) is 0 Å². The van der Waals surface area contributed by atoms with E-state index in [1.165, 1.54) is 0 Å². The van der Waals surface area contributed by atoms with Crippen molar-refractivity contribution >= 4 is 0 Å². The first-order chi connectivity index (χ1) is 3.39. The van der Waals surface area contributed by atoms with Gasteiger partial charge in [-0.3, -0.25) is 0 Å². The van der Waals surface area contributed by atoms with E-state index in [1.807, 2.05) is 36.1 Å². The maximum Gasteiger partial charge on any atom is 0.176 e. The Labute approximate surface area is 43.2 Å². The zero-order chi connectivity index (χ0) is 5.11. The van der Waals surface area contributed by atoms with Gasteiger partial charge in [-0.1, -0.05) is 0 Å². The molecule has 0 atom stereocenters. The maximum absolute atomic E-state index is 2.92. The second-order valence-electron chi connectivity index (χ2n) is 1.47. The third-order valence-electron chi connectivity index (χ3n) is 0.792. The van der Waals surface area contributed by atoms with Gasteiger partial charge < -0.3 is 0 Å². The van der Waals surface area contributed by atoms with E-state index in [0.717, 1.165) is 0 Å². The Bertz CT molecular complexity index is 134.